The maximum absolute atomic E-state index is 11.6. The number of aromatic nitrogens is 6. The summed E-state index contributed by atoms with van der Waals surface area (Å²) in [6, 6.07) is 11.5. The van der Waals surface area contributed by atoms with Gasteiger partial charge in [-0.25, -0.2) is 9.78 Å². The van der Waals surface area contributed by atoms with Crippen LogP contribution in [0.5, 0.6) is 0 Å². The van der Waals surface area contributed by atoms with Gasteiger partial charge in [-0.1, -0.05) is 33.2 Å². The summed E-state index contributed by atoms with van der Waals surface area (Å²) in [5.41, 5.74) is 3.57. The maximum atomic E-state index is 11.6. The van der Waals surface area contributed by atoms with Crippen LogP contribution in [0.25, 0.3) is 33.5 Å². The molecule has 26 heavy (non-hydrogen) atoms. The first-order chi connectivity index (χ1) is 12.7. The molecule has 0 bridgehead atoms. The highest BCUT2D eigenvalue weighted by atomic mass is 79.9. The molecule has 0 radical (unpaired) electrons. The molecule has 128 valence electrons. The molecule has 0 saturated heterocycles. The molecule has 0 aliphatic carbocycles. The van der Waals surface area contributed by atoms with E-state index in [-0.39, 0.29) is 5.69 Å². The minimum Gasteiger partial charge on any atom is -0.334 e. The van der Waals surface area contributed by atoms with E-state index < -0.39 is 0 Å². The highest BCUT2D eigenvalue weighted by Gasteiger charge is 2.16. The summed E-state index contributed by atoms with van der Waals surface area (Å²) in [5.74, 6) is 0.861. The van der Waals surface area contributed by atoms with Crippen molar-refractivity contribution in [2.45, 2.75) is 6.54 Å². The first-order valence-electron chi connectivity index (χ1n) is 7.82. The van der Waals surface area contributed by atoms with Crippen LogP contribution in [0.1, 0.15) is 5.82 Å². The molecule has 0 atom stereocenters. The second-order valence-electron chi connectivity index (χ2n) is 5.83. The number of hydrogen-bond acceptors (Lipinski definition) is 5. The average Bonchev–Trinajstić information content (AvgIpc) is 3.33. The molecule has 0 aliphatic rings. The molecule has 2 N–H and O–H groups in total. The minimum atomic E-state index is -0.288. The Morgan fingerprint density at radius 1 is 1.19 bits per heavy atom. The monoisotopic (exact) mass is 410 g/mol. The quantitative estimate of drug-likeness (QED) is 0.475. The highest BCUT2D eigenvalue weighted by molar-refractivity contribution is 9.10. The predicted octanol–water partition coefficient (Wildman–Crippen LogP) is 3.07. The van der Waals surface area contributed by atoms with Crippen LogP contribution in [0.3, 0.4) is 0 Å². The van der Waals surface area contributed by atoms with E-state index in [4.69, 9.17) is 4.52 Å². The van der Waals surface area contributed by atoms with E-state index in [9.17, 15) is 4.79 Å². The molecular formula is C17H11BrN6O2. The van der Waals surface area contributed by atoms with Crippen LogP contribution >= 0.6 is 15.9 Å². The van der Waals surface area contributed by atoms with E-state index in [0.29, 0.717) is 34.9 Å². The smallest absolute Gasteiger partial charge is 0.323 e. The molecule has 8 nitrogen and oxygen atoms in total. The second-order valence-corrected chi connectivity index (χ2v) is 6.75. The van der Waals surface area contributed by atoms with Crippen molar-refractivity contribution >= 4 is 38.0 Å². The molecule has 3 heterocycles. The number of rotatable bonds is 3. The Labute approximate surface area is 154 Å². The summed E-state index contributed by atoms with van der Waals surface area (Å²) in [5, 5.41) is 4.07. The molecule has 0 unspecified atom stereocenters. The third kappa shape index (κ3) is 2.44. The molecule has 0 amide bonds. The molecule has 0 saturated carbocycles. The van der Waals surface area contributed by atoms with E-state index in [0.717, 1.165) is 15.5 Å². The fourth-order valence-corrected chi connectivity index (χ4v) is 3.45. The van der Waals surface area contributed by atoms with Gasteiger partial charge in [0.05, 0.1) is 40.5 Å². The van der Waals surface area contributed by atoms with Crippen molar-refractivity contribution in [3.8, 4) is 11.5 Å². The van der Waals surface area contributed by atoms with Crippen LogP contribution in [0.4, 0.5) is 0 Å². The van der Waals surface area contributed by atoms with Gasteiger partial charge in [-0.2, -0.15) is 4.98 Å². The van der Waals surface area contributed by atoms with Crippen molar-refractivity contribution in [2.24, 2.45) is 0 Å². The van der Waals surface area contributed by atoms with Crippen LogP contribution in [0.15, 0.2) is 56.5 Å². The van der Waals surface area contributed by atoms with Gasteiger partial charge in [-0.15, -0.1) is 0 Å². The lowest BCUT2D eigenvalue weighted by molar-refractivity contribution is 0.421. The third-order valence-corrected chi connectivity index (χ3v) is 4.59. The normalized spacial score (nSPS) is 11.6. The van der Waals surface area contributed by atoms with E-state index in [1.165, 1.54) is 0 Å². The van der Waals surface area contributed by atoms with Crippen molar-refractivity contribution in [3.05, 3.63) is 63.5 Å². The van der Waals surface area contributed by atoms with Gasteiger partial charge in [0.25, 0.3) is 5.89 Å². The van der Waals surface area contributed by atoms with Gasteiger partial charge >= 0.3 is 5.69 Å². The largest absolute Gasteiger partial charge is 0.334 e. The van der Waals surface area contributed by atoms with Crippen LogP contribution < -0.4 is 5.69 Å². The zero-order valence-electron chi connectivity index (χ0n) is 13.2. The van der Waals surface area contributed by atoms with Crippen molar-refractivity contribution in [1.29, 1.82) is 0 Å². The van der Waals surface area contributed by atoms with Gasteiger partial charge in [0.2, 0.25) is 0 Å². The summed E-state index contributed by atoms with van der Waals surface area (Å²) in [6.07, 6.45) is 1.75. The standard InChI is InChI=1S/C17H11BrN6O2/c18-9-5-10(15-12(6-9)20-17(25)22-15)16-21-14(23-26-16)7-24-8-19-11-3-1-2-4-13(11)24/h1-6,8H,7H2,(H2,20,22,25). The fraction of sp³-hybridized carbons (Fsp3) is 0.0588. The van der Waals surface area contributed by atoms with Gasteiger partial charge in [0.1, 0.15) is 0 Å². The highest BCUT2D eigenvalue weighted by Crippen LogP contribution is 2.28. The zero-order chi connectivity index (χ0) is 17.7. The van der Waals surface area contributed by atoms with Crippen LogP contribution in [0, 0.1) is 0 Å². The average molecular weight is 411 g/mol. The molecule has 2 aromatic carbocycles. The lowest BCUT2D eigenvalue weighted by Crippen LogP contribution is -2.00. The number of halogens is 1. The molecule has 0 fully saturated rings. The number of para-hydroxylation sites is 2. The molecule has 5 rings (SSSR count). The van der Waals surface area contributed by atoms with Crippen LogP contribution in [0.2, 0.25) is 0 Å². The summed E-state index contributed by atoms with van der Waals surface area (Å²) in [6.45, 7) is 0.435. The van der Waals surface area contributed by atoms with E-state index in [1.54, 1.807) is 6.33 Å². The zero-order valence-corrected chi connectivity index (χ0v) is 14.8. The number of H-pyrrole nitrogens is 2. The first kappa shape index (κ1) is 15.1. The topological polar surface area (TPSA) is 105 Å². The minimum absolute atomic E-state index is 0.288. The maximum Gasteiger partial charge on any atom is 0.323 e. The number of nitrogens with zero attached hydrogens (tertiary/aromatic N) is 4. The fourth-order valence-electron chi connectivity index (χ4n) is 2.99. The lowest BCUT2D eigenvalue weighted by atomic mass is 10.2. The molecular weight excluding hydrogens is 400 g/mol. The molecule has 0 spiro atoms. The number of fused-ring (bicyclic) bond motifs is 2. The Kier molecular flexibility index (Phi) is 3.29. The van der Waals surface area contributed by atoms with Gasteiger partial charge in [-0.3, -0.25) is 0 Å². The van der Waals surface area contributed by atoms with Crippen LogP contribution in [-0.4, -0.2) is 29.7 Å². The predicted molar refractivity (Wildman–Crippen MR) is 98.7 cm³/mol. The van der Waals surface area contributed by atoms with Crippen molar-refractivity contribution in [2.75, 3.05) is 0 Å². The van der Waals surface area contributed by atoms with Crippen molar-refractivity contribution in [1.82, 2.24) is 29.7 Å². The van der Waals surface area contributed by atoms with Crippen molar-refractivity contribution in [3.63, 3.8) is 0 Å². The van der Waals surface area contributed by atoms with Gasteiger partial charge in [0, 0.05) is 4.47 Å². The summed E-state index contributed by atoms with van der Waals surface area (Å²) in [4.78, 5) is 25.9. The van der Waals surface area contributed by atoms with Gasteiger partial charge in [-0.05, 0) is 24.3 Å². The van der Waals surface area contributed by atoms with Crippen LogP contribution in [-0.2, 0) is 6.54 Å². The Morgan fingerprint density at radius 3 is 3.00 bits per heavy atom. The summed E-state index contributed by atoms with van der Waals surface area (Å²) >= 11 is 3.43. The van der Waals surface area contributed by atoms with E-state index in [2.05, 4.69) is 41.0 Å². The number of aromatic amines is 2. The molecule has 5 aromatic rings. The lowest BCUT2D eigenvalue weighted by Gasteiger charge is -1.99. The Morgan fingerprint density at radius 2 is 2.08 bits per heavy atom. The Bertz CT molecular complexity index is 1310. The number of hydrogen-bond donors (Lipinski definition) is 2. The second kappa shape index (κ2) is 5.67. The van der Waals surface area contributed by atoms with Crippen molar-refractivity contribution < 1.29 is 4.52 Å². The first-order valence-corrected chi connectivity index (χ1v) is 8.61. The van der Waals surface area contributed by atoms with E-state index >= 15 is 0 Å². The Hall–Kier alpha value is -3.20. The third-order valence-electron chi connectivity index (χ3n) is 4.13. The Balaban J connectivity index is 1.56. The molecule has 3 aromatic heterocycles. The summed E-state index contributed by atoms with van der Waals surface area (Å²) in [7, 11) is 0. The SMILES string of the molecule is O=c1[nH]c2cc(Br)cc(-c3nc(Cn4cnc5ccccc54)no3)c2[nH]1. The van der Waals surface area contributed by atoms with Gasteiger partial charge < -0.3 is 19.1 Å². The van der Waals surface area contributed by atoms with E-state index in [1.807, 2.05) is 41.0 Å². The number of imidazole rings is 2. The number of benzene rings is 2. The summed E-state index contributed by atoms with van der Waals surface area (Å²) < 4.78 is 8.19. The molecule has 0 aliphatic heterocycles. The molecule has 9 heteroatoms. The van der Waals surface area contributed by atoms with Gasteiger partial charge in [0.15, 0.2) is 5.82 Å². The number of nitrogens with one attached hydrogen (secondary N) is 2.